The molecule has 112 valence electrons. The number of sulfonamides is 1. The third kappa shape index (κ3) is 5.48. The molecule has 1 rings (SSSR count). The van der Waals surface area contributed by atoms with Gasteiger partial charge in [-0.1, -0.05) is 23.7 Å². The van der Waals surface area contributed by atoms with Gasteiger partial charge in [0.2, 0.25) is 10.0 Å². The summed E-state index contributed by atoms with van der Waals surface area (Å²) in [6.45, 7) is 0.276. The van der Waals surface area contributed by atoms with Crippen LogP contribution in [-0.4, -0.2) is 38.6 Å². The topological polar surface area (TPSA) is 63.7 Å². The zero-order valence-corrected chi connectivity index (χ0v) is 13.1. The lowest BCUT2D eigenvalue weighted by Gasteiger charge is -2.17. The van der Waals surface area contributed by atoms with Crippen LogP contribution < -0.4 is 0 Å². The Morgan fingerprint density at radius 2 is 1.90 bits per heavy atom. The molecule has 0 aromatic heterocycles. The SMILES string of the molecule is COC(=O)CCCS(=O)(=O)N(C)Cc1ccc(Cl)cc1. The predicted octanol–water partition coefficient (Wildman–Crippen LogP) is 2.05. The average Bonchev–Trinajstić information content (AvgIpc) is 2.40. The maximum atomic E-state index is 12.0. The Labute approximate surface area is 124 Å². The molecule has 0 heterocycles. The first-order valence-electron chi connectivity index (χ1n) is 6.10. The molecule has 0 saturated carbocycles. The number of hydrogen-bond donors (Lipinski definition) is 0. The van der Waals surface area contributed by atoms with E-state index in [9.17, 15) is 13.2 Å². The van der Waals surface area contributed by atoms with Crippen LogP contribution in [0.2, 0.25) is 5.02 Å². The van der Waals surface area contributed by atoms with Crippen molar-refractivity contribution >= 4 is 27.6 Å². The second-order valence-electron chi connectivity index (χ2n) is 4.38. The first-order chi connectivity index (χ1) is 9.35. The van der Waals surface area contributed by atoms with E-state index in [1.165, 1.54) is 18.5 Å². The van der Waals surface area contributed by atoms with E-state index in [2.05, 4.69) is 4.74 Å². The summed E-state index contributed by atoms with van der Waals surface area (Å²) in [7, 11) is -0.583. The zero-order valence-electron chi connectivity index (χ0n) is 11.5. The quantitative estimate of drug-likeness (QED) is 0.722. The maximum Gasteiger partial charge on any atom is 0.305 e. The summed E-state index contributed by atoms with van der Waals surface area (Å²) in [5.74, 6) is -0.479. The van der Waals surface area contributed by atoms with Gasteiger partial charge in [0.15, 0.2) is 0 Å². The van der Waals surface area contributed by atoms with Crippen molar-refractivity contribution in [3.8, 4) is 0 Å². The first-order valence-corrected chi connectivity index (χ1v) is 8.09. The molecule has 0 saturated heterocycles. The van der Waals surface area contributed by atoms with Gasteiger partial charge in [-0.2, -0.15) is 0 Å². The molecule has 0 atom stereocenters. The minimum absolute atomic E-state index is 0.0772. The van der Waals surface area contributed by atoms with Crippen LogP contribution in [0.4, 0.5) is 0 Å². The lowest BCUT2D eigenvalue weighted by atomic mass is 10.2. The Kier molecular flexibility index (Phi) is 6.45. The summed E-state index contributed by atoms with van der Waals surface area (Å²) < 4.78 is 29.8. The maximum absolute atomic E-state index is 12.0. The van der Waals surface area contributed by atoms with Crippen LogP contribution in [0.5, 0.6) is 0 Å². The van der Waals surface area contributed by atoms with Crippen molar-refractivity contribution in [1.29, 1.82) is 0 Å². The molecule has 20 heavy (non-hydrogen) atoms. The van der Waals surface area contributed by atoms with Gasteiger partial charge in [-0.3, -0.25) is 4.79 Å². The normalized spacial score (nSPS) is 11.6. The molecule has 1 aromatic carbocycles. The van der Waals surface area contributed by atoms with Crippen LogP contribution in [0, 0.1) is 0 Å². The van der Waals surface area contributed by atoms with E-state index in [0.717, 1.165) is 5.56 Å². The van der Waals surface area contributed by atoms with Crippen molar-refractivity contribution in [2.45, 2.75) is 19.4 Å². The standard InChI is InChI=1S/C13H18ClNO4S/c1-15(10-11-5-7-12(14)8-6-11)20(17,18)9-3-4-13(16)19-2/h5-8H,3-4,9-10H2,1-2H3. The Morgan fingerprint density at radius 3 is 2.45 bits per heavy atom. The molecule has 0 fully saturated rings. The van der Waals surface area contributed by atoms with Gasteiger partial charge in [-0.25, -0.2) is 12.7 Å². The molecule has 0 radical (unpaired) electrons. The molecule has 0 aliphatic carbocycles. The molecule has 0 amide bonds. The first kappa shape index (κ1) is 16.9. The third-order valence-electron chi connectivity index (χ3n) is 2.80. The van der Waals surface area contributed by atoms with Crippen molar-refractivity contribution in [2.24, 2.45) is 0 Å². The van der Waals surface area contributed by atoms with Crippen molar-refractivity contribution in [2.75, 3.05) is 19.9 Å². The monoisotopic (exact) mass is 319 g/mol. The number of halogens is 1. The van der Waals surface area contributed by atoms with Gasteiger partial charge in [0.25, 0.3) is 0 Å². The lowest BCUT2D eigenvalue weighted by molar-refractivity contribution is -0.140. The molecule has 0 bridgehead atoms. The molecular formula is C13H18ClNO4S. The number of nitrogens with zero attached hydrogens (tertiary/aromatic N) is 1. The van der Waals surface area contributed by atoms with E-state index >= 15 is 0 Å². The summed E-state index contributed by atoms with van der Waals surface area (Å²) in [6.07, 6.45) is 0.352. The van der Waals surface area contributed by atoms with Crippen LogP contribution in [0.15, 0.2) is 24.3 Å². The number of rotatable bonds is 7. The average molecular weight is 320 g/mol. The summed E-state index contributed by atoms with van der Waals surface area (Å²) >= 11 is 5.77. The highest BCUT2D eigenvalue weighted by Gasteiger charge is 2.18. The molecule has 0 spiro atoms. The Balaban J connectivity index is 2.54. The predicted molar refractivity (Wildman–Crippen MR) is 78.0 cm³/mol. The van der Waals surface area contributed by atoms with Gasteiger partial charge in [-0.15, -0.1) is 0 Å². The highest BCUT2D eigenvalue weighted by molar-refractivity contribution is 7.89. The molecule has 1 aromatic rings. The zero-order chi connectivity index (χ0) is 15.2. The van der Waals surface area contributed by atoms with E-state index in [1.54, 1.807) is 24.3 Å². The molecule has 5 nitrogen and oxygen atoms in total. The van der Waals surface area contributed by atoms with Crippen LogP contribution in [0.1, 0.15) is 18.4 Å². The second kappa shape index (κ2) is 7.61. The number of benzene rings is 1. The Morgan fingerprint density at radius 1 is 1.30 bits per heavy atom. The number of methoxy groups -OCH3 is 1. The number of carbonyl (C=O) groups is 1. The smallest absolute Gasteiger partial charge is 0.305 e. The van der Waals surface area contributed by atoms with E-state index in [4.69, 9.17) is 11.6 Å². The second-order valence-corrected chi connectivity index (χ2v) is 7.01. The highest BCUT2D eigenvalue weighted by atomic mass is 35.5. The number of hydrogen-bond acceptors (Lipinski definition) is 4. The van der Waals surface area contributed by atoms with Crippen molar-refractivity contribution in [3.05, 3.63) is 34.9 Å². The third-order valence-corrected chi connectivity index (χ3v) is 4.94. The molecule has 0 aliphatic heterocycles. The van der Waals surface area contributed by atoms with Crippen LogP contribution in [0.25, 0.3) is 0 Å². The van der Waals surface area contributed by atoms with Crippen molar-refractivity contribution in [3.63, 3.8) is 0 Å². The summed E-state index contributed by atoms with van der Waals surface area (Å²) in [6, 6.07) is 6.99. The minimum Gasteiger partial charge on any atom is -0.469 e. The van der Waals surface area contributed by atoms with Gasteiger partial charge in [0.05, 0.1) is 12.9 Å². The highest BCUT2D eigenvalue weighted by Crippen LogP contribution is 2.13. The number of carbonyl (C=O) groups excluding carboxylic acids is 1. The van der Waals surface area contributed by atoms with Crippen molar-refractivity contribution < 1.29 is 17.9 Å². The van der Waals surface area contributed by atoms with Crippen molar-refractivity contribution in [1.82, 2.24) is 4.31 Å². The Bertz CT molecular complexity index is 542. The fourth-order valence-corrected chi connectivity index (χ4v) is 2.89. The largest absolute Gasteiger partial charge is 0.469 e. The van der Waals surface area contributed by atoms with E-state index in [-0.39, 0.29) is 25.1 Å². The lowest BCUT2D eigenvalue weighted by Crippen LogP contribution is -2.29. The molecule has 0 aliphatic rings. The van der Waals surface area contributed by atoms with Gasteiger partial charge >= 0.3 is 5.97 Å². The van der Waals surface area contributed by atoms with E-state index in [1.807, 2.05) is 0 Å². The fraction of sp³-hybridized carbons (Fsp3) is 0.462. The van der Waals surface area contributed by atoms with E-state index in [0.29, 0.717) is 5.02 Å². The minimum atomic E-state index is -3.38. The van der Waals surface area contributed by atoms with E-state index < -0.39 is 16.0 Å². The molecule has 7 heteroatoms. The number of esters is 1. The number of ether oxygens (including phenoxy) is 1. The van der Waals surface area contributed by atoms with Crippen LogP contribution in [-0.2, 0) is 26.1 Å². The molecule has 0 unspecified atom stereocenters. The summed E-state index contributed by atoms with van der Waals surface area (Å²) in [5.41, 5.74) is 0.855. The van der Waals surface area contributed by atoms with Gasteiger partial charge in [-0.05, 0) is 24.1 Å². The van der Waals surface area contributed by atoms with Gasteiger partial charge < -0.3 is 4.74 Å². The molecule has 0 N–H and O–H groups in total. The molecular weight excluding hydrogens is 302 g/mol. The van der Waals surface area contributed by atoms with Gasteiger partial charge in [0.1, 0.15) is 0 Å². The summed E-state index contributed by atoms with van der Waals surface area (Å²) in [5, 5.41) is 0.609. The van der Waals surface area contributed by atoms with Gasteiger partial charge in [0, 0.05) is 25.0 Å². The fourth-order valence-electron chi connectivity index (χ4n) is 1.60. The van der Waals surface area contributed by atoms with Crippen LogP contribution >= 0.6 is 11.6 Å². The summed E-state index contributed by atoms with van der Waals surface area (Å²) in [4.78, 5) is 10.9. The Hall–Kier alpha value is -1.11. The van der Waals surface area contributed by atoms with Crippen LogP contribution in [0.3, 0.4) is 0 Å².